The van der Waals surface area contributed by atoms with E-state index in [1.54, 1.807) is 48.5 Å². The van der Waals surface area contributed by atoms with Crippen molar-refractivity contribution in [2.75, 3.05) is 7.11 Å². The van der Waals surface area contributed by atoms with E-state index in [0.29, 0.717) is 27.5 Å². The molecule has 0 saturated heterocycles. The molecule has 8 heteroatoms. The maximum Gasteiger partial charge on any atom is 0.363 e. The minimum Gasteiger partial charge on any atom is -0.493 e. The molecule has 1 aliphatic rings. The van der Waals surface area contributed by atoms with Gasteiger partial charge >= 0.3 is 11.9 Å². The van der Waals surface area contributed by atoms with E-state index in [-0.39, 0.29) is 17.3 Å². The van der Waals surface area contributed by atoms with Crippen molar-refractivity contribution in [3.8, 4) is 11.5 Å². The van der Waals surface area contributed by atoms with Gasteiger partial charge in [-0.3, -0.25) is 0 Å². The van der Waals surface area contributed by atoms with Gasteiger partial charge in [0.15, 0.2) is 17.2 Å². The topological polar surface area (TPSA) is 74.2 Å². The molecule has 0 aliphatic carbocycles. The van der Waals surface area contributed by atoms with E-state index in [9.17, 15) is 9.59 Å². The maximum absolute atomic E-state index is 12.4. The monoisotopic (exact) mass is 559 g/mol. The molecular weight excluding hydrogens is 545 g/mol. The van der Waals surface area contributed by atoms with Crippen LogP contribution in [0, 0.1) is 3.57 Å². The first kappa shape index (κ1) is 22.0. The molecule has 0 amide bonds. The fourth-order valence-electron chi connectivity index (χ4n) is 2.89. The van der Waals surface area contributed by atoms with Gasteiger partial charge in [0.1, 0.15) is 0 Å². The second kappa shape index (κ2) is 9.54. The molecular formula is C24H15ClINO5. The van der Waals surface area contributed by atoms with Crippen LogP contribution in [0.2, 0.25) is 5.02 Å². The predicted octanol–water partition coefficient (Wildman–Crippen LogP) is 5.52. The van der Waals surface area contributed by atoms with Crippen molar-refractivity contribution in [3.05, 3.63) is 97.7 Å². The zero-order valence-electron chi connectivity index (χ0n) is 16.7. The Balaban J connectivity index is 1.56. The normalized spacial score (nSPS) is 14.2. The van der Waals surface area contributed by atoms with Crippen LogP contribution in [0.25, 0.3) is 6.08 Å². The predicted molar refractivity (Wildman–Crippen MR) is 129 cm³/mol. The lowest BCUT2D eigenvalue weighted by Gasteiger charge is -2.10. The number of methoxy groups -OCH3 is 1. The third-order valence-electron chi connectivity index (χ3n) is 4.49. The third kappa shape index (κ3) is 5.00. The molecule has 160 valence electrons. The summed E-state index contributed by atoms with van der Waals surface area (Å²) in [6.45, 7) is 0. The van der Waals surface area contributed by atoms with Gasteiger partial charge in [-0.15, -0.1) is 0 Å². The molecule has 3 aromatic rings. The number of hydrogen-bond acceptors (Lipinski definition) is 6. The zero-order chi connectivity index (χ0) is 22.7. The summed E-state index contributed by atoms with van der Waals surface area (Å²) in [6.07, 6.45) is 1.58. The highest BCUT2D eigenvalue weighted by molar-refractivity contribution is 14.1. The average Bonchev–Trinajstić information content (AvgIpc) is 3.15. The summed E-state index contributed by atoms with van der Waals surface area (Å²) < 4.78 is 17.2. The van der Waals surface area contributed by atoms with E-state index < -0.39 is 11.9 Å². The second-order valence-electron chi connectivity index (χ2n) is 6.65. The van der Waals surface area contributed by atoms with Gasteiger partial charge in [-0.25, -0.2) is 14.6 Å². The van der Waals surface area contributed by atoms with Crippen LogP contribution in [0.4, 0.5) is 0 Å². The van der Waals surface area contributed by atoms with E-state index >= 15 is 0 Å². The molecule has 1 heterocycles. The Hall–Kier alpha value is -3.17. The number of aliphatic imine (C=N–C) groups is 1. The van der Waals surface area contributed by atoms with Gasteiger partial charge in [0.05, 0.1) is 12.7 Å². The van der Waals surface area contributed by atoms with Crippen molar-refractivity contribution in [1.29, 1.82) is 0 Å². The van der Waals surface area contributed by atoms with E-state index in [2.05, 4.69) is 27.6 Å². The lowest BCUT2D eigenvalue weighted by molar-refractivity contribution is -0.129. The summed E-state index contributed by atoms with van der Waals surface area (Å²) >= 11 is 8.05. The molecule has 0 radical (unpaired) electrons. The van der Waals surface area contributed by atoms with Gasteiger partial charge in [-0.2, -0.15) is 0 Å². The molecule has 3 aromatic carbocycles. The quantitative estimate of drug-likeness (QED) is 0.178. The van der Waals surface area contributed by atoms with Crippen LogP contribution < -0.4 is 9.47 Å². The summed E-state index contributed by atoms with van der Waals surface area (Å²) in [5, 5.41) is 0.523. The van der Waals surface area contributed by atoms with Crippen LogP contribution >= 0.6 is 34.2 Å². The molecule has 0 fully saturated rings. The van der Waals surface area contributed by atoms with Gasteiger partial charge in [0.25, 0.3) is 0 Å². The van der Waals surface area contributed by atoms with Gasteiger partial charge in [0, 0.05) is 14.2 Å². The molecule has 0 unspecified atom stereocenters. The Kier molecular flexibility index (Phi) is 6.57. The standard InChI is InChI=1S/C24H15ClINO5/c1-30-21-13-14(2-11-20(21)31-23(28)16-3-7-17(25)8-4-16)12-19-24(29)32-22(27-19)15-5-9-18(26)10-6-15/h2-13H,1H3/b19-12-. The Morgan fingerprint density at radius 2 is 1.75 bits per heavy atom. The number of cyclic esters (lactones) is 1. The molecule has 0 spiro atoms. The summed E-state index contributed by atoms with van der Waals surface area (Å²) in [6, 6.07) is 18.8. The van der Waals surface area contributed by atoms with Crippen LogP contribution in [-0.4, -0.2) is 24.9 Å². The number of carbonyl (C=O) groups excluding carboxylic acids is 2. The highest BCUT2D eigenvalue weighted by Crippen LogP contribution is 2.30. The summed E-state index contributed by atoms with van der Waals surface area (Å²) in [7, 11) is 1.46. The summed E-state index contributed by atoms with van der Waals surface area (Å²) in [5.41, 5.74) is 1.86. The first-order chi connectivity index (χ1) is 15.4. The SMILES string of the molecule is COc1cc(/C=C2\N=C(c3ccc(I)cc3)OC2=O)ccc1OC(=O)c1ccc(Cl)cc1. The highest BCUT2D eigenvalue weighted by Gasteiger charge is 2.24. The van der Waals surface area contributed by atoms with Gasteiger partial charge in [-0.1, -0.05) is 17.7 Å². The van der Waals surface area contributed by atoms with Gasteiger partial charge in [0.2, 0.25) is 5.90 Å². The maximum atomic E-state index is 12.4. The molecule has 1 aliphatic heterocycles. The van der Waals surface area contributed by atoms with Crippen molar-refractivity contribution in [2.24, 2.45) is 4.99 Å². The minimum absolute atomic E-state index is 0.159. The molecule has 0 aromatic heterocycles. The molecule has 32 heavy (non-hydrogen) atoms. The smallest absolute Gasteiger partial charge is 0.363 e. The Morgan fingerprint density at radius 1 is 1.03 bits per heavy atom. The molecule has 0 N–H and O–H groups in total. The minimum atomic E-state index is -0.546. The number of ether oxygens (including phenoxy) is 3. The molecule has 6 nitrogen and oxygen atoms in total. The zero-order valence-corrected chi connectivity index (χ0v) is 19.6. The van der Waals surface area contributed by atoms with Crippen LogP contribution in [0.5, 0.6) is 11.5 Å². The van der Waals surface area contributed by atoms with Crippen molar-refractivity contribution in [3.63, 3.8) is 0 Å². The van der Waals surface area contributed by atoms with Crippen molar-refractivity contribution in [1.82, 2.24) is 0 Å². The van der Waals surface area contributed by atoms with E-state index in [1.165, 1.54) is 7.11 Å². The Bertz CT molecular complexity index is 1250. The highest BCUT2D eigenvalue weighted by atomic mass is 127. The van der Waals surface area contributed by atoms with Crippen LogP contribution in [0.15, 0.2) is 77.4 Å². The van der Waals surface area contributed by atoms with Gasteiger partial charge in [-0.05, 0) is 94.9 Å². The van der Waals surface area contributed by atoms with Crippen LogP contribution in [0.3, 0.4) is 0 Å². The summed E-state index contributed by atoms with van der Waals surface area (Å²) in [4.78, 5) is 28.9. The Morgan fingerprint density at radius 3 is 2.44 bits per heavy atom. The van der Waals surface area contributed by atoms with Crippen LogP contribution in [-0.2, 0) is 9.53 Å². The van der Waals surface area contributed by atoms with E-state index in [0.717, 1.165) is 3.57 Å². The summed E-state index contributed by atoms with van der Waals surface area (Å²) in [5.74, 6) is -0.271. The number of nitrogens with zero attached hydrogens (tertiary/aromatic N) is 1. The number of carbonyl (C=O) groups is 2. The van der Waals surface area contributed by atoms with E-state index in [1.807, 2.05) is 24.3 Å². The number of benzene rings is 3. The van der Waals surface area contributed by atoms with Crippen molar-refractivity contribution >= 4 is 58.1 Å². The number of halogens is 2. The average molecular weight is 560 g/mol. The number of hydrogen-bond donors (Lipinski definition) is 0. The first-order valence-electron chi connectivity index (χ1n) is 9.37. The van der Waals surface area contributed by atoms with Gasteiger partial charge < -0.3 is 14.2 Å². The fourth-order valence-corrected chi connectivity index (χ4v) is 3.37. The first-order valence-corrected chi connectivity index (χ1v) is 10.8. The van der Waals surface area contributed by atoms with Crippen LogP contribution in [0.1, 0.15) is 21.5 Å². The second-order valence-corrected chi connectivity index (χ2v) is 8.33. The van der Waals surface area contributed by atoms with E-state index in [4.69, 9.17) is 25.8 Å². The molecule has 0 bridgehead atoms. The van der Waals surface area contributed by atoms with Crippen molar-refractivity contribution < 1.29 is 23.8 Å². The number of rotatable bonds is 5. The molecule has 0 atom stereocenters. The molecule has 0 saturated carbocycles. The molecule has 4 rings (SSSR count). The van der Waals surface area contributed by atoms with Crippen molar-refractivity contribution in [2.45, 2.75) is 0 Å². The lowest BCUT2D eigenvalue weighted by Crippen LogP contribution is -2.09. The number of esters is 2. The fraction of sp³-hybridized carbons (Fsp3) is 0.0417. The third-order valence-corrected chi connectivity index (χ3v) is 5.46. The largest absolute Gasteiger partial charge is 0.493 e. The Labute approximate surface area is 202 Å². The lowest BCUT2D eigenvalue weighted by atomic mass is 10.1.